The molecule has 2 aromatic rings. The molecule has 5 nitrogen and oxygen atoms in total. The van der Waals surface area contributed by atoms with Gasteiger partial charge >= 0.3 is 5.69 Å². The maximum atomic E-state index is 11.8. The Kier molecular flexibility index (Phi) is 3.72. The Morgan fingerprint density at radius 2 is 2.11 bits per heavy atom. The molecule has 0 aliphatic rings. The monoisotopic (exact) mass is 248 g/mol. The van der Waals surface area contributed by atoms with Crippen LogP contribution in [0.2, 0.25) is 0 Å². The topological polar surface area (TPSA) is 67.0 Å². The lowest BCUT2D eigenvalue weighted by Gasteiger charge is -2.09. The fourth-order valence-corrected chi connectivity index (χ4v) is 2.09. The average Bonchev–Trinajstić information content (AvgIpc) is 2.60. The molecule has 0 aliphatic heterocycles. The number of hydrogen-bond acceptors (Lipinski definition) is 3. The molecule has 0 radical (unpaired) electrons. The average molecular weight is 248 g/mol. The molecule has 18 heavy (non-hydrogen) atoms. The van der Waals surface area contributed by atoms with Crippen LogP contribution < -0.4 is 11.4 Å². The molecule has 0 saturated heterocycles. The molecule has 0 aliphatic carbocycles. The molecule has 1 aromatic carbocycles. The van der Waals surface area contributed by atoms with Crippen LogP contribution in [0.3, 0.4) is 0 Å². The van der Waals surface area contributed by atoms with Crippen LogP contribution in [0.25, 0.3) is 11.0 Å². The molecule has 0 saturated carbocycles. The molecule has 0 atom stereocenters. The van der Waals surface area contributed by atoms with E-state index in [0.29, 0.717) is 5.69 Å². The quantitative estimate of drug-likeness (QED) is 0.618. The fraction of sp³-hybridized carbons (Fsp3) is 0.462. The number of H-pyrrole nitrogens is 1. The van der Waals surface area contributed by atoms with Crippen LogP contribution >= 0.6 is 0 Å². The van der Waals surface area contributed by atoms with E-state index < -0.39 is 0 Å². The maximum absolute atomic E-state index is 11.8. The van der Waals surface area contributed by atoms with Gasteiger partial charge in [-0.25, -0.2) is 4.79 Å². The molecule has 0 spiro atoms. The highest BCUT2D eigenvalue weighted by Crippen LogP contribution is 2.14. The van der Waals surface area contributed by atoms with E-state index in [4.69, 9.17) is 5.73 Å². The molecule has 3 N–H and O–H groups in total. The van der Waals surface area contributed by atoms with Crippen molar-refractivity contribution in [2.45, 2.75) is 19.4 Å². The number of benzene rings is 1. The number of rotatable bonds is 5. The molecule has 1 aromatic heterocycles. The van der Waals surface area contributed by atoms with Crippen molar-refractivity contribution in [3.05, 3.63) is 28.7 Å². The minimum Gasteiger partial charge on any atom is -0.399 e. The number of unbranched alkanes of at least 4 members (excludes halogenated alkanes) is 1. The molecule has 0 fully saturated rings. The summed E-state index contributed by atoms with van der Waals surface area (Å²) in [7, 11) is 4.11. The van der Waals surface area contributed by atoms with E-state index in [-0.39, 0.29) is 5.69 Å². The minimum atomic E-state index is -0.0551. The van der Waals surface area contributed by atoms with Gasteiger partial charge in [-0.15, -0.1) is 0 Å². The van der Waals surface area contributed by atoms with Gasteiger partial charge in [-0.1, -0.05) is 0 Å². The number of aryl methyl sites for hydroxylation is 1. The second-order valence-electron chi connectivity index (χ2n) is 4.87. The van der Waals surface area contributed by atoms with Gasteiger partial charge in [-0.05, 0) is 51.7 Å². The van der Waals surface area contributed by atoms with Crippen molar-refractivity contribution in [1.29, 1.82) is 0 Å². The molecule has 5 heteroatoms. The SMILES string of the molecule is CN(C)CCCCn1c(=O)[nH]c2ccc(N)cc21. The van der Waals surface area contributed by atoms with Crippen LogP contribution in [-0.2, 0) is 6.54 Å². The first-order valence-electron chi connectivity index (χ1n) is 6.20. The molecular formula is C13H20N4O. The van der Waals surface area contributed by atoms with Gasteiger partial charge in [0.05, 0.1) is 11.0 Å². The third-order valence-electron chi connectivity index (χ3n) is 3.04. The van der Waals surface area contributed by atoms with Crippen molar-refractivity contribution in [2.75, 3.05) is 26.4 Å². The smallest absolute Gasteiger partial charge is 0.326 e. The largest absolute Gasteiger partial charge is 0.399 e. The van der Waals surface area contributed by atoms with E-state index in [1.165, 1.54) is 0 Å². The summed E-state index contributed by atoms with van der Waals surface area (Å²) in [6.45, 7) is 1.77. The van der Waals surface area contributed by atoms with Gasteiger partial charge in [0.1, 0.15) is 0 Å². The number of fused-ring (bicyclic) bond motifs is 1. The highest BCUT2D eigenvalue weighted by atomic mass is 16.1. The first-order chi connectivity index (χ1) is 8.58. The molecule has 1 heterocycles. The van der Waals surface area contributed by atoms with Crippen molar-refractivity contribution in [3.8, 4) is 0 Å². The maximum Gasteiger partial charge on any atom is 0.326 e. The predicted octanol–water partition coefficient (Wildman–Crippen LogP) is 1.25. The molecule has 2 rings (SSSR count). The Morgan fingerprint density at radius 1 is 1.33 bits per heavy atom. The number of nitrogens with one attached hydrogen (secondary N) is 1. The van der Waals surface area contributed by atoms with Crippen LogP contribution in [0.1, 0.15) is 12.8 Å². The summed E-state index contributed by atoms with van der Waals surface area (Å²) in [5.41, 5.74) is 8.13. The zero-order valence-electron chi connectivity index (χ0n) is 10.9. The van der Waals surface area contributed by atoms with Gasteiger partial charge < -0.3 is 15.6 Å². The third kappa shape index (κ3) is 2.73. The number of anilines is 1. The second kappa shape index (κ2) is 5.27. The van der Waals surface area contributed by atoms with E-state index in [9.17, 15) is 4.79 Å². The Morgan fingerprint density at radius 3 is 2.83 bits per heavy atom. The van der Waals surface area contributed by atoms with Crippen LogP contribution in [-0.4, -0.2) is 35.1 Å². The number of aromatic amines is 1. The Labute approximate surface area is 106 Å². The zero-order valence-corrected chi connectivity index (χ0v) is 10.9. The zero-order chi connectivity index (χ0) is 13.1. The lowest BCUT2D eigenvalue weighted by Crippen LogP contribution is -2.18. The van der Waals surface area contributed by atoms with Crippen LogP contribution in [0, 0.1) is 0 Å². The van der Waals surface area contributed by atoms with Crippen LogP contribution in [0.15, 0.2) is 23.0 Å². The molecule has 0 unspecified atom stereocenters. The lowest BCUT2D eigenvalue weighted by atomic mass is 10.2. The summed E-state index contributed by atoms with van der Waals surface area (Å²) in [4.78, 5) is 16.8. The van der Waals surface area contributed by atoms with E-state index in [1.54, 1.807) is 10.6 Å². The highest BCUT2D eigenvalue weighted by Gasteiger charge is 2.06. The number of imidazole rings is 1. The summed E-state index contributed by atoms with van der Waals surface area (Å²) >= 11 is 0. The van der Waals surface area contributed by atoms with Crippen LogP contribution in [0.4, 0.5) is 5.69 Å². The van der Waals surface area contributed by atoms with Crippen molar-refractivity contribution in [2.24, 2.45) is 0 Å². The molecule has 0 amide bonds. The minimum absolute atomic E-state index is 0.0551. The van der Waals surface area contributed by atoms with Crippen molar-refractivity contribution >= 4 is 16.7 Å². The van der Waals surface area contributed by atoms with E-state index in [0.717, 1.165) is 37.0 Å². The van der Waals surface area contributed by atoms with E-state index >= 15 is 0 Å². The third-order valence-corrected chi connectivity index (χ3v) is 3.04. The fourth-order valence-electron chi connectivity index (χ4n) is 2.09. The highest BCUT2D eigenvalue weighted by molar-refractivity contribution is 5.78. The standard InChI is InChI=1S/C13H20N4O/c1-16(2)7-3-4-8-17-12-9-10(14)5-6-11(12)15-13(17)18/h5-6,9H,3-4,7-8,14H2,1-2H3,(H,15,18). The van der Waals surface area contributed by atoms with Crippen molar-refractivity contribution in [3.63, 3.8) is 0 Å². The summed E-state index contributed by atoms with van der Waals surface area (Å²) in [6, 6.07) is 5.50. The number of nitrogens with two attached hydrogens (primary N) is 1. The first kappa shape index (κ1) is 12.7. The Bertz CT molecular complexity index is 582. The Hall–Kier alpha value is -1.75. The van der Waals surface area contributed by atoms with Gasteiger partial charge in [0.25, 0.3) is 0 Å². The predicted molar refractivity (Wildman–Crippen MR) is 74.8 cm³/mol. The molecule has 98 valence electrons. The lowest BCUT2D eigenvalue weighted by molar-refractivity contribution is 0.388. The van der Waals surface area contributed by atoms with Gasteiger partial charge in [0.2, 0.25) is 0 Å². The van der Waals surface area contributed by atoms with Gasteiger partial charge in [0, 0.05) is 12.2 Å². The van der Waals surface area contributed by atoms with Crippen molar-refractivity contribution < 1.29 is 0 Å². The molecule has 0 bridgehead atoms. The summed E-state index contributed by atoms with van der Waals surface area (Å²) < 4.78 is 1.77. The van der Waals surface area contributed by atoms with E-state index in [2.05, 4.69) is 24.0 Å². The second-order valence-corrected chi connectivity index (χ2v) is 4.87. The summed E-state index contributed by atoms with van der Waals surface area (Å²) in [5, 5.41) is 0. The first-order valence-corrected chi connectivity index (χ1v) is 6.20. The Balaban J connectivity index is 2.14. The molecular weight excluding hydrogens is 228 g/mol. The van der Waals surface area contributed by atoms with Gasteiger partial charge in [-0.3, -0.25) is 4.57 Å². The number of aromatic nitrogens is 2. The van der Waals surface area contributed by atoms with Gasteiger partial charge in [-0.2, -0.15) is 0 Å². The van der Waals surface area contributed by atoms with Crippen LogP contribution in [0.5, 0.6) is 0 Å². The summed E-state index contributed by atoms with van der Waals surface area (Å²) in [6.07, 6.45) is 2.06. The number of hydrogen-bond donors (Lipinski definition) is 2. The normalized spacial score (nSPS) is 11.5. The van der Waals surface area contributed by atoms with Crippen molar-refractivity contribution in [1.82, 2.24) is 14.5 Å². The summed E-state index contributed by atoms with van der Waals surface area (Å²) in [5.74, 6) is 0. The van der Waals surface area contributed by atoms with Gasteiger partial charge in [0.15, 0.2) is 0 Å². The number of nitrogens with zero attached hydrogens (tertiary/aromatic N) is 2. The van der Waals surface area contributed by atoms with E-state index in [1.807, 2.05) is 12.1 Å². The number of nitrogen functional groups attached to an aromatic ring is 1.